The summed E-state index contributed by atoms with van der Waals surface area (Å²) in [5.41, 5.74) is 1.64. The van der Waals surface area contributed by atoms with E-state index in [4.69, 9.17) is 4.74 Å². The third-order valence-electron chi connectivity index (χ3n) is 4.47. The molecule has 0 bridgehead atoms. The van der Waals surface area contributed by atoms with Gasteiger partial charge in [-0.15, -0.1) is 11.3 Å². The predicted molar refractivity (Wildman–Crippen MR) is 97.8 cm³/mol. The van der Waals surface area contributed by atoms with Crippen molar-refractivity contribution in [3.63, 3.8) is 0 Å². The molecule has 0 fully saturated rings. The number of carbonyl (C=O) groups is 2. The van der Waals surface area contributed by atoms with Crippen molar-refractivity contribution in [2.24, 2.45) is 5.92 Å². The van der Waals surface area contributed by atoms with Crippen molar-refractivity contribution >= 4 is 28.2 Å². The molecule has 0 saturated heterocycles. The molecule has 0 saturated carbocycles. The quantitative estimate of drug-likeness (QED) is 0.738. The highest BCUT2D eigenvalue weighted by molar-refractivity contribution is 7.17. The van der Waals surface area contributed by atoms with Gasteiger partial charge in [0.05, 0.1) is 18.7 Å². The van der Waals surface area contributed by atoms with Crippen molar-refractivity contribution in [1.82, 2.24) is 5.32 Å². The second kappa shape index (κ2) is 8.62. The third-order valence-corrected chi connectivity index (χ3v) is 5.64. The summed E-state index contributed by atoms with van der Waals surface area (Å²) >= 11 is 1.53. The Morgan fingerprint density at radius 2 is 2.12 bits per heavy atom. The number of nitrogens with one attached hydrogen (secondary N) is 2. The third kappa shape index (κ3) is 4.57. The van der Waals surface area contributed by atoms with Crippen molar-refractivity contribution in [3.05, 3.63) is 16.0 Å². The van der Waals surface area contributed by atoms with Gasteiger partial charge in [0.15, 0.2) is 0 Å². The number of amides is 1. The van der Waals surface area contributed by atoms with Crippen LogP contribution in [0.15, 0.2) is 0 Å². The summed E-state index contributed by atoms with van der Waals surface area (Å²) in [6.07, 6.45) is 3.88. The lowest BCUT2D eigenvalue weighted by Gasteiger charge is -2.18. The molecule has 0 aromatic carbocycles. The maximum absolute atomic E-state index is 12.4. The van der Waals surface area contributed by atoms with Crippen LogP contribution in [0.25, 0.3) is 0 Å². The zero-order chi connectivity index (χ0) is 17.7. The lowest BCUT2D eigenvalue weighted by Crippen LogP contribution is -2.34. The van der Waals surface area contributed by atoms with Crippen molar-refractivity contribution in [3.8, 4) is 0 Å². The van der Waals surface area contributed by atoms with Gasteiger partial charge in [0.1, 0.15) is 5.00 Å². The van der Waals surface area contributed by atoms with Crippen LogP contribution in [0.1, 0.15) is 61.3 Å². The molecule has 1 heterocycles. The van der Waals surface area contributed by atoms with E-state index >= 15 is 0 Å². The van der Waals surface area contributed by atoms with Gasteiger partial charge in [0.2, 0.25) is 5.91 Å². The average molecular weight is 353 g/mol. The van der Waals surface area contributed by atoms with E-state index in [0.717, 1.165) is 31.2 Å². The van der Waals surface area contributed by atoms with Gasteiger partial charge in [-0.05, 0) is 51.0 Å². The number of esters is 1. The molecule has 1 aliphatic carbocycles. The summed E-state index contributed by atoms with van der Waals surface area (Å²) in [5.74, 6) is 0.170. The Bertz CT molecular complexity index is 597. The van der Waals surface area contributed by atoms with Crippen LogP contribution in [0, 0.1) is 5.92 Å². The normalized spacial score (nSPS) is 17.9. The minimum Gasteiger partial charge on any atom is -0.462 e. The van der Waals surface area contributed by atoms with Crippen LogP contribution in [0.3, 0.4) is 0 Å². The maximum Gasteiger partial charge on any atom is 0.341 e. The summed E-state index contributed by atoms with van der Waals surface area (Å²) < 4.78 is 5.22. The minimum atomic E-state index is -0.324. The summed E-state index contributed by atoms with van der Waals surface area (Å²) in [7, 11) is 0. The fourth-order valence-electron chi connectivity index (χ4n) is 2.84. The molecule has 6 heteroatoms. The monoisotopic (exact) mass is 352 g/mol. The van der Waals surface area contributed by atoms with E-state index in [2.05, 4.69) is 24.5 Å². The molecule has 0 aliphatic heterocycles. The number of fused-ring (bicyclic) bond motifs is 1. The molecule has 134 valence electrons. The number of ether oxygens (including phenoxy) is 1. The number of thiophene rings is 1. The molecular formula is C18H28N2O3S. The van der Waals surface area contributed by atoms with E-state index in [9.17, 15) is 9.59 Å². The molecule has 0 unspecified atom stereocenters. The number of hydrogen-bond donors (Lipinski definition) is 2. The van der Waals surface area contributed by atoms with Crippen LogP contribution >= 0.6 is 11.3 Å². The molecule has 1 amide bonds. The zero-order valence-electron chi connectivity index (χ0n) is 15.0. The Kier molecular flexibility index (Phi) is 6.80. The van der Waals surface area contributed by atoms with E-state index in [-0.39, 0.29) is 24.5 Å². The van der Waals surface area contributed by atoms with Crippen molar-refractivity contribution < 1.29 is 14.3 Å². The Hall–Kier alpha value is -1.40. The summed E-state index contributed by atoms with van der Waals surface area (Å²) in [5, 5.41) is 6.73. The molecule has 0 radical (unpaired) electrons. The van der Waals surface area contributed by atoms with Crippen LogP contribution in [-0.4, -0.2) is 31.1 Å². The van der Waals surface area contributed by atoms with E-state index in [1.54, 1.807) is 6.92 Å². The van der Waals surface area contributed by atoms with Crippen molar-refractivity contribution in [2.45, 2.75) is 59.4 Å². The highest BCUT2D eigenvalue weighted by Gasteiger charge is 2.29. The highest BCUT2D eigenvalue weighted by Crippen LogP contribution is 2.40. The summed E-state index contributed by atoms with van der Waals surface area (Å²) in [6.45, 7) is 8.72. The van der Waals surface area contributed by atoms with Gasteiger partial charge in [0.25, 0.3) is 0 Å². The fraction of sp³-hybridized carbons (Fsp3) is 0.667. The van der Waals surface area contributed by atoms with E-state index in [1.165, 1.54) is 16.2 Å². The molecule has 24 heavy (non-hydrogen) atoms. The molecule has 5 nitrogen and oxygen atoms in total. The molecule has 1 aromatic heterocycles. The second-order valence-electron chi connectivity index (χ2n) is 6.51. The summed E-state index contributed by atoms with van der Waals surface area (Å²) in [6, 6.07) is 0.290. The lowest BCUT2D eigenvalue weighted by molar-refractivity contribution is -0.115. The number of carbonyl (C=O) groups excluding carboxylic acids is 2. The first kappa shape index (κ1) is 18.9. The zero-order valence-corrected chi connectivity index (χ0v) is 15.8. The predicted octanol–water partition coefficient (Wildman–Crippen LogP) is 3.38. The Balaban J connectivity index is 2.18. The SMILES string of the molecule is CCOC(=O)c1c(NC(=O)CN[C@@H](C)CC)sc2c1CC[C@H](C)C2. The molecule has 2 N–H and O–H groups in total. The van der Waals surface area contributed by atoms with E-state index < -0.39 is 0 Å². The van der Waals surface area contributed by atoms with Crippen LogP contribution in [-0.2, 0) is 22.4 Å². The average Bonchev–Trinajstić information content (AvgIpc) is 2.89. The molecule has 1 aromatic rings. The van der Waals surface area contributed by atoms with Gasteiger partial charge in [-0.2, -0.15) is 0 Å². The number of hydrogen-bond acceptors (Lipinski definition) is 5. The van der Waals surface area contributed by atoms with Gasteiger partial charge in [-0.1, -0.05) is 13.8 Å². The Labute approximate surface area is 148 Å². The van der Waals surface area contributed by atoms with Crippen LogP contribution in [0.4, 0.5) is 5.00 Å². The largest absolute Gasteiger partial charge is 0.462 e. The van der Waals surface area contributed by atoms with E-state index in [1.807, 2.05) is 6.92 Å². The van der Waals surface area contributed by atoms with Crippen LogP contribution < -0.4 is 10.6 Å². The summed E-state index contributed by atoms with van der Waals surface area (Å²) in [4.78, 5) is 25.8. The second-order valence-corrected chi connectivity index (χ2v) is 7.62. The van der Waals surface area contributed by atoms with Gasteiger partial charge in [0, 0.05) is 10.9 Å². The van der Waals surface area contributed by atoms with Crippen LogP contribution in [0.5, 0.6) is 0 Å². The molecule has 2 atom stereocenters. The topological polar surface area (TPSA) is 67.4 Å². The number of rotatable bonds is 7. The fourth-order valence-corrected chi connectivity index (χ4v) is 4.26. The Morgan fingerprint density at radius 3 is 2.79 bits per heavy atom. The Morgan fingerprint density at radius 1 is 1.38 bits per heavy atom. The highest BCUT2D eigenvalue weighted by atomic mass is 32.1. The minimum absolute atomic E-state index is 0.118. The smallest absolute Gasteiger partial charge is 0.341 e. The van der Waals surface area contributed by atoms with Crippen molar-refractivity contribution in [2.75, 3.05) is 18.5 Å². The van der Waals surface area contributed by atoms with Gasteiger partial charge < -0.3 is 15.4 Å². The lowest BCUT2D eigenvalue weighted by atomic mass is 9.88. The first-order chi connectivity index (χ1) is 11.5. The molecule has 0 spiro atoms. The van der Waals surface area contributed by atoms with Gasteiger partial charge in [-0.25, -0.2) is 4.79 Å². The molecular weight excluding hydrogens is 324 g/mol. The number of anilines is 1. The van der Waals surface area contributed by atoms with Crippen LogP contribution in [0.2, 0.25) is 0 Å². The first-order valence-corrected chi connectivity index (χ1v) is 9.62. The van der Waals surface area contributed by atoms with Gasteiger partial charge in [-0.3, -0.25) is 4.79 Å². The van der Waals surface area contributed by atoms with Gasteiger partial charge >= 0.3 is 5.97 Å². The maximum atomic E-state index is 12.4. The molecule has 1 aliphatic rings. The van der Waals surface area contributed by atoms with Crippen molar-refractivity contribution in [1.29, 1.82) is 0 Å². The molecule has 2 rings (SSSR count). The first-order valence-electron chi connectivity index (χ1n) is 8.81. The standard InChI is InChI=1S/C18H28N2O3S/c1-5-12(4)19-10-15(21)20-17-16(18(22)23-6-2)13-8-7-11(3)9-14(13)24-17/h11-12,19H,5-10H2,1-4H3,(H,20,21)/t11-,12-/m0/s1. The van der Waals surface area contributed by atoms with E-state index in [0.29, 0.717) is 23.1 Å².